The lowest BCUT2D eigenvalue weighted by atomic mass is 10.1. The fourth-order valence-electron chi connectivity index (χ4n) is 1.87. The Labute approximate surface area is 119 Å². The molecule has 2 rings (SSSR count). The van der Waals surface area contributed by atoms with Crippen LogP contribution in [0.1, 0.15) is 11.1 Å². The summed E-state index contributed by atoms with van der Waals surface area (Å²) in [4.78, 5) is 10.6. The highest BCUT2D eigenvalue weighted by atomic mass is 79.9. The van der Waals surface area contributed by atoms with E-state index in [1.165, 1.54) is 6.07 Å². The van der Waals surface area contributed by atoms with Crippen LogP contribution in [0, 0.1) is 17.0 Å². The summed E-state index contributed by atoms with van der Waals surface area (Å²) in [5, 5.41) is 14.1. The van der Waals surface area contributed by atoms with Gasteiger partial charge in [-0.25, -0.2) is 0 Å². The van der Waals surface area contributed by atoms with Crippen LogP contribution in [-0.2, 0) is 6.54 Å². The van der Waals surface area contributed by atoms with E-state index in [1.807, 2.05) is 25.1 Å². The number of para-hydroxylation sites is 1. The predicted octanol–water partition coefficient (Wildman–Crippen LogP) is 4.28. The maximum Gasteiger partial charge on any atom is 0.274 e. The number of hydrogen-bond acceptors (Lipinski definition) is 3. The molecule has 0 unspecified atom stereocenters. The normalized spacial score (nSPS) is 10.2. The number of halogens is 1. The van der Waals surface area contributed by atoms with Crippen molar-refractivity contribution in [1.82, 2.24) is 0 Å². The number of benzene rings is 2. The number of aryl methyl sites for hydroxylation is 1. The quantitative estimate of drug-likeness (QED) is 0.675. The first-order valence-electron chi connectivity index (χ1n) is 5.79. The van der Waals surface area contributed by atoms with Gasteiger partial charge >= 0.3 is 0 Å². The summed E-state index contributed by atoms with van der Waals surface area (Å²) in [6.07, 6.45) is 0. The van der Waals surface area contributed by atoms with Gasteiger partial charge in [-0.05, 0) is 30.7 Å². The Kier molecular flexibility index (Phi) is 4.16. The lowest BCUT2D eigenvalue weighted by molar-refractivity contribution is -0.385. The average Bonchev–Trinajstić information content (AvgIpc) is 2.35. The van der Waals surface area contributed by atoms with Crippen LogP contribution in [0.25, 0.3) is 0 Å². The number of nitro benzene ring substituents is 1. The second-order valence-corrected chi connectivity index (χ2v) is 5.17. The highest BCUT2D eigenvalue weighted by Gasteiger charge is 2.11. The minimum atomic E-state index is -0.358. The van der Waals surface area contributed by atoms with Crippen LogP contribution in [0.3, 0.4) is 0 Å². The zero-order chi connectivity index (χ0) is 13.8. The number of anilines is 1. The van der Waals surface area contributed by atoms with Crippen molar-refractivity contribution in [3.8, 4) is 0 Å². The van der Waals surface area contributed by atoms with Crippen molar-refractivity contribution in [2.45, 2.75) is 13.5 Å². The molecule has 0 heterocycles. The van der Waals surface area contributed by atoms with Gasteiger partial charge in [0.15, 0.2) is 0 Å². The average molecular weight is 321 g/mol. The highest BCUT2D eigenvalue weighted by Crippen LogP contribution is 2.22. The zero-order valence-corrected chi connectivity index (χ0v) is 12.0. The minimum absolute atomic E-state index is 0.140. The standard InChI is InChI=1S/C14H13BrN2O2/c1-10-6-12(15)8-13(7-10)16-9-11-4-2-3-5-14(11)17(18)19/h2-8,16H,9H2,1H3. The van der Waals surface area contributed by atoms with Gasteiger partial charge in [-0.15, -0.1) is 0 Å². The summed E-state index contributed by atoms with van der Waals surface area (Å²) in [6, 6.07) is 12.7. The molecule has 2 aromatic rings. The fraction of sp³-hybridized carbons (Fsp3) is 0.143. The molecule has 2 aromatic carbocycles. The Morgan fingerprint density at radius 1 is 1.26 bits per heavy atom. The molecule has 0 saturated heterocycles. The monoisotopic (exact) mass is 320 g/mol. The van der Waals surface area contributed by atoms with Crippen LogP contribution >= 0.6 is 15.9 Å². The molecule has 0 spiro atoms. The van der Waals surface area contributed by atoms with Crippen molar-refractivity contribution < 1.29 is 4.92 Å². The molecule has 0 fully saturated rings. The van der Waals surface area contributed by atoms with Crippen molar-refractivity contribution in [1.29, 1.82) is 0 Å². The predicted molar refractivity (Wildman–Crippen MR) is 79.3 cm³/mol. The number of nitro groups is 1. The van der Waals surface area contributed by atoms with Crippen LogP contribution in [0.5, 0.6) is 0 Å². The number of rotatable bonds is 4. The van der Waals surface area contributed by atoms with Gasteiger partial charge in [-0.2, -0.15) is 0 Å². The van der Waals surface area contributed by atoms with Crippen molar-refractivity contribution >= 4 is 27.3 Å². The highest BCUT2D eigenvalue weighted by molar-refractivity contribution is 9.10. The Morgan fingerprint density at radius 2 is 2.00 bits per heavy atom. The van der Waals surface area contributed by atoms with Gasteiger partial charge in [0.1, 0.15) is 0 Å². The summed E-state index contributed by atoms with van der Waals surface area (Å²) in [5.41, 5.74) is 2.87. The van der Waals surface area contributed by atoms with E-state index in [9.17, 15) is 10.1 Å². The largest absolute Gasteiger partial charge is 0.381 e. The van der Waals surface area contributed by atoms with Gasteiger partial charge in [0.2, 0.25) is 0 Å². The summed E-state index contributed by atoms with van der Waals surface area (Å²) in [6.45, 7) is 2.42. The molecule has 0 saturated carbocycles. The Morgan fingerprint density at radius 3 is 2.68 bits per heavy atom. The van der Waals surface area contributed by atoms with Gasteiger partial charge in [-0.3, -0.25) is 10.1 Å². The molecule has 19 heavy (non-hydrogen) atoms. The van der Waals surface area contributed by atoms with Gasteiger partial charge in [0.05, 0.1) is 4.92 Å². The van der Waals surface area contributed by atoms with Gasteiger partial charge < -0.3 is 5.32 Å². The minimum Gasteiger partial charge on any atom is -0.381 e. The van der Waals surface area contributed by atoms with E-state index in [2.05, 4.69) is 21.2 Å². The third kappa shape index (κ3) is 3.54. The van der Waals surface area contributed by atoms with Crippen molar-refractivity contribution in [2.24, 2.45) is 0 Å². The van der Waals surface area contributed by atoms with E-state index in [1.54, 1.807) is 18.2 Å². The maximum atomic E-state index is 10.9. The van der Waals surface area contributed by atoms with Crippen molar-refractivity contribution in [3.63, 3.8) is 0 Å². The molecule has 98 valence electrons. The molecule has 0 aliphatic heterocycles. The molecule has 4 nitrogen and oxygen atoms in total. The van der Waals surface area contributed by atoms with Crippen LogP contribution in [-0.4, -0.2) is 4.92 Å². The van der Waals surface area contributed by atoms with E-state index in [0.29, 0.717) is 12.1 Å². The number of hydrogen-bond donors (Lipinski definition) is 1. The second-order valence-electron chi connectivity index (χ2n) is 4.26. The Balaban J connectivity index is 2.16. The van der Waals surface area contributed by atoms with E-state index in [-0.39, 0.29) is 10.6 Å². The summed E-state index contributed by atoms with van der Waals surface area (Å²) in [7, 11) is 0. The third-order valence-corrected chi connectivity index (χ3v) is 3.17. The Bertz CT molecular complexity index is 594. The van der Waals surface area contributed by atoms with Crippen molar-refractivity contribution in [3.05, 3.63) is 68.2 Å². The smallest absolute Gasteiger partial charge is 0.274 e. The molecular formula is C14H13BrN2O2. The van der Waals surface area contributed by atoms with Crippen LogP contribution in [0.15, 0.2) is 46.9 Å². The lowest BCUT2D eigenvalue weighted by Crippen LogP contribution is -2.03. The molecule has 0 radical (unpaired) electrons. The first kappa shape index (κ1) is 13.5. The molecule has 0 bridgehead atoms. The second kappa shape index (κ2) is 5.84. The SMILES string of the molecule is Cc1cc(Br)cc(NCc2ccccc2[N+](=O)[O-])c1. The zero-order valence-electron chi connectivity index (χ0n) is 10.4. The number of nitrogens with zero attached hydrogens (tertiary/aromatic N) is 1. The molecule has 0 amide bonds. The summed E-state index contributed by atoms with van der Waals surface area (Å²) >= 11 is 3.43. The van der Waals surface area contributed by atoms with Gasteiger partial charge in [0.25, 0.3) is 5.69 Å². The summed E-state index contributed by atoms with van der Waals surface area (Å²) < 4.78 is 0.984. The molecule has 5 heteroatoms. The van der Waals surface area contributed by atoms with Gasteiger partial charge in [0, 0.05) is 28.3 Å². The first-order valence-corrected chi connectivity index (χ1v) is 6.59. The van der Waals surface area contributed by atoms with E-state index in [0.717, 1.165) is 15.7 Å². The van der Waals surface area contributed by atoms with Crippen LogP contribution in [0.4, 0.5) is 11.4 Å². The molecule has 0 aromatic heterocycles. The van der Waals surface area contributed by atoms with Crippen molar-refractivity contribution in [2.75, 3.05) is 5.32 Å². The van der Waals surface area contributed by atoms with Gasteiger partial charge in [-0.1, -0.05) is 34.1 Å². The number of nitrogens with one attached hydrogen (secondary N) is 1. The molecule has 0 aliphatic carbocycles. The van der Waals surface area contributed by atoms with Crippen LogP contribution in [0.2, 0.25) is 0 Å². The van der Waals surface area contributed by atoms with Crippen LogP contribution < -0.4 is 5.32 Å². The topological polar surface area (TPSA) is 55.2 Å². The lowest BCUT2D eigenvalue weighted by Gasteiger charge is -2.08. The molecule has 0 aliphatic rings. The fourth-order valence-corrected chi connectivity index (χ4v) is 2.48. The van der Waals surface area contributed by atoms with E-state index < -0.39 is 0 Å². The third-order valence-electron chi connectivity index (χ3n) is 2.71. The first-order chi connectivity index (χ1) is 9.06. The summed E-state index contributed by atoms with van der Waals surface area (Å²) in [5.74, 6) is 0. The van der Waals surface area contributed by atoms with E-state index >= 15 is 0 Å². The Hall–Kier alpha value is -1.88. The molecular weight excluding hydrogens is 308 g/mol. The van der Waals surface area contributed by atoms with E-state index in [4.69, 9.17) is 0 Å². The molecule has 0 atom stereocenters. The maximum absolute atomic E-state index is 10.9. The molecule has 1 N–H and O–H groups in total.